The lowest BCUT2D eigenvalue weighted by Crippen LogP contribution is -2.21. The van der Waals surface area contributed by atoms with E-state index in [1.165, 1.54) is 12.1 Å². The number of benzene rings is 2. The van der Waals surface area contributed by atoms with E-state index in [-0.39, 0.29) is 18.1 Å². The first-order valence-corrected chi connectivity index (χ1v) is 7.30. The molecule has 118 valence electrons. The molecule has 0 saturated carbocycles. The van der Waals surface area contributed by atoms with E-state index in [4.69, 9.17) is 11.6 Å². The molecular weight excluding hydrogens is 316 g/mol. The fourth-order valence-corrected chi connectivity index (χ4v) is 2.41. The van der Waals surface area contributed by atoms with Crippen LogP contribution in [-0.4, -0.2) is 10.8 Å². The first kappa shape index (κ1) is 16.7. The van der Waals surface area contributed by atoms with Gasteiger partial charge in [0.2, 0.25) is 5.91 Å². The predicted octanol–water partition coefficient (Wildman–Crippen LogP) is 3.97. The highest BCUT2D eigenvalue weighted by atomic mass is 35.5. The normalized spacial score (nSPS) is 11.1. The summed E-state index contributed by atoms with van der Waals surface area (Å²) >= 11 is 6.08. The van der Waals surface area contributed by atoms with E-state index >= 15 is 0 Å². The number of hydrogen-bond acceptors (Lipinski definition) is 3. The van der Waals surface area contributed by atoms with Gasteiger partial charge in [-0.1, -0.05) is 48.0 Å². The van der Waals surface area contributed by atoms with Gasteiger partial charge in [-0.15, -0.1) is 0 Å². The lowest BCUT2D eigenvalue weighted by molar-refractivity contribution is -0.385. The van der Waals surface area contributed by atoms with Crippen molar-refractivity contribution in [2.24, 2.45) is 0 Å². The molecule has 2 rings (SSSR count). The molecular formula is C17H15ClN2O3. The second-order valence-corrected chi connectivity index (χ2v) is 5.32. The van der Waals surface area contributed by atoms with Crippen LogP contribution in [0.15, 0.2) is 54.6 Å². The van der Waals surface area contributed by atoms with Crippen LogP contribution in [0.25, 0.3) is 5.57 Å². The van der Waals surface area contributed by atoms with Gasteiger partial charge in [0.15, 0.2) is 0 Å². The van der Waals surface area contributed by atoms with Crippen LogP contribution < -0.4 is 5.32 Å². The Balaban J connectivity index is 2.08. The van der Waals surface area contributed by atoms with Crippen molar-refractivity contribution in [2.75, 3.05) is 0 Å². The van der Waals surface area contributed by atoms with Gasteiger partial charge in [0.05, 0.1) is 4.92 Å². The first-order chi connectivity index (χ1) is 11.0. The number of para-hydroxylation sites is 1. The van der Waals surface area contributed by atoms with Crippen LogP contribution in [0.1, 0.15) is 18.1 Å². The third kappa shape index (κ3) is 4.40. The Morgan fingerprint density at radius 3 is 2.57 bits per heavy atom. The number of nitrogens with one attached hydrogen (secondary N) is 1. The molecule has 1 N–H and O–H groups in total. The van der Waals surface area contributed by atoms with Crippen LogP contribution in [0.3, 0.4) is 0 Å². The van der Waals surface area contributed by atoms with E-state index in [1.54, 1.807) is 31.2 Å². The lowest BCUT2D eigenvalue weighted by atomic mass is 10.1. The molecule has 0 spiro atoms. The minimum atomic E-state index is -0.466. The summed E-state index contributed by atoms with van der Waals surface area (Å²) in [5, 5.41) is 14.1. The zero-order chi connectivity index (χ0) is 16.8. The highest BCUT2D eigenvalue weighted by Crippen LogP contribution is 2.23. The minimum Gasteiger partial charge on any atom is -0.348 e. The average Bonchev–Trinajstić information content (AvgIpc) is 2.53. The Morgan fingerprint density at radius 1 is 1.22 bits per heavy atom. The molecule has 0 fully saturated rings. The molecule has 5 nitrogen and oxygen atoms in total. The fourth-order valence-electron chi connectivity index (χ4n) is 2.13. The summed E-state index contributed by atoms with van der Waals surface area (Å²) in [6, 6.07) is 13.5. The van der Waals surface area contributed by atoms with Crippen molar-refractivity contribution in [3.05, 3.63) is 80.9 Å². The van der Waals surface area contributed by atoms with E-state index in [0.717, 1.165) is 11.1 Å². The van der Waals surface area contributed by atoms with Crippen LogP contribution in [0.2, 0.25) is 5.02 Å². The Morgan fingerprint density at radius 2 is 1.87 bits per heavy atom. The molecule has 6 heteroatoms. The summed E-state index contributed by atoms with van der Waals surface area (Å²) < 4.78 is 0. The Hall–Kier alpha value is -2.66. The maximum atomic E-state index is 12.0. The second kappa shape index (κ2) is 7.56. The van der Waals surface area contributed by atoms with Gasteiger partial charge in [0.25, 0.3) is 5.69 Å². The van der Waals surface area contributed by atoms with Crippen LogP contribution in [-0.2, 0) is 11.3 Å². The van der Waals surface area contributed by atoms with Crippen LogP contribution in [0, 0.1) is 10.1 Å². The monoisotopic (exact) mass is 330 g/mol. The highest BCUT2D eigenvalue weighted by molar-refractivity contribution is 6.32. The van der Waals surface area contributed by atoms with E-state index in [0.29, 0.717) is 10.6 Å². The van der Waals surface area contributed by atoms with Crippen molar-refractivity contribution in [1.29, 1.82) is 0 Å². The third-order valence-corrected chi connectivity index (χ3v) is 3.62. The van der Waals surface area contributed by atoms with Gasteiger partial charge >= 0.3 is 0 Å². The first-order valence-electron chi connectivity index (χ1n) is 6.92. The molecule has 23 heavy (non-hydrogen) atoms. The van der Waals surface area contributed by atoms with Gasteiger partial charge in [-0.3, -0.25) is 14.9 Å². The largest absolute Gasteiger partial charge is 0.348 e. The standard InChI is InChI=1S/C17H15ClN2O3/c1-12(14-7-3-4-8-15(14)18)10-17(21)19-11-13-6-2-5-9-16(13)20(22)23/h2-10H,11H2,1H3,(H,19,21). The number of carbonyl (C=O) groups excluding carboxylic acids is 1. The van der Waals surface area contributed by atoms with Crippen LogP contribution >= 0.6 is 11.6 Å². The molecule has 0 heterocycles. The van der Waals surface area contributed by atoms with E-state index < -0.39 is 4.92 Å². The molecule has 0 atom stereocenters. The SMILES string of the molecule is CC(=CC(=O)NCc1ccccc1[N+](=O)[O-])c1ccccc1Cl. The predicted molar refractivity (Wildman–Crippen MR) is 90.0 cm³/mol. The summed E-state index contributed by atoms with van der Waals surface area (Å²) in [5.74, 6) is -0.333. The van der Waals surface area contributed by atoms with Gasteiger partial charge < -0.3 is 5.32 Å². The van der Waals surface area contributed by atoms with Crippen LogP contribution in [0.5, 0.6) is 0 Å². The van der Waals surface area contributed by atoms with E-state index in [2.05, 4.69) is 5.32 Å². The van der Waals surface area contributed by atoms with E-state index in [9.17, 15) is 14.9 Å². The van der Waals surface area contributed by atoms with Gasteiger partial charge in [0, 0.05) is 29.3 Å². The molecule has 0 aliphatic rings. The summed E-state index contributed by atoms with van der Waals surface area (Å²) in [4.78, 5) is 22.5. The Labute approximate surface area is 138 Å². The Kier molecular flexibility index (Phi) is 5.49. The van der Waals surface area contributed by atoms with Gasteiger partial charge in [0.1, 0.15) is 0 Å². The molecule has 2 aromatic carbocycles. The molecule has 2 aromatic rings. The second-order valence-electron chi connectivity index (χ2n) is 4.91. The molecule has 1 amide bonds. The number of rotatable bonds is 5. The van der Waals surface area contributed by atoms with E-state index in [1.807, 2.05) is 18.2 Å². The van der Waals surface area contributed by atoms with Gasteiger partial charge in [-0.05, 0) is 24.1 Å². The molecule has 0 bridgehead atoms. The maximum absolute atomic E-state index is 12.0. The summed E-state index contributed by atoms with van der Waals surface area (Å²) in [5.41, 5.74) is 1.93. The number of hydrogen-bond donors (Lipinski definition) is 1. The zero-order valence-electron chi connectivity index (χ0n) is 12.5. The summed E-state index contributed by atoms with van der Waals surface area (Å²) in [7, 11) is 0. The van der Waals surface area contributed by atoms with Crippen molar-refractivity contribution >= 4 is 28.8 Å². The maximum Gasteiger partial charge on any atom is 0.274 e. The fraction of sp³-hybridized carbons (Fsp3) is 0.118. The summed E-state index contributed by atoms with van der Waals surface area (Å²) in [6.07, 6.45) is 1.43. The number of nitro groups is 1. The molecule has 0 saturated heterocycles. The molecule has 0 aliphatic carbocycles. The number of amides is 1. The molecule has 0 aromatic heterocycles. The van der Waals surface area contributed by atoms with Crippen molar-refractivity contribution < 1.29 is 9.72 Å². The number of nitrogens with zero attached hydrogens (tertiary/aromatic N) is 1. The van der Waals surface area contributed by atoms with Gasteiger partial charge in [-0.2, -0.15) is 0 Å². The minimum absolute atomic E-state index is 0.0143. The Bertz CT molecular complexity index is 772. The number of halogens is 1. The molecule has 0 aliphatic heterocycles. The van der Waals surface area contributed by atoms with Crippen molar-refractivity contribution in [1.82, 2.24) is 5.32 Å². The zero-order valence-corrected chi connectivity index (χ0v) is 13.2. The van der Waals surface area contributed by atoms with Crippen molar-refractivity contribution in [2.45, 2.75) is 13.5 Å². The van der Waals surface area contributed by atoms with Crippen LogP contribution in [0.4, 0.5) is 5.69 Å². The topological polar surface area (TPSA) is 72.2 Å². The number of allylic oxidation sites excluding steroid dienone is 1. The van der Waals surface area contributed by atoms with Crippen molar-refractivity contribution in [3.63, 3.8) is 0 Å². The highest BCUT2D eigenvalue weighted by Gasteiger charge is 2.12. The molecule has 0 radical (unpaired) electrons. The van der Waals surface area contributed by atoms with Crippen molar-refractivity contribution in [3.8, 4) is 0 Å². The lowest BCUT2D eigenvalue weighted by Gasteiger charge is -2.06. The molecule has 0 unspecified atom stereocenters. The third-order valence-electron chi connectivity index (χ3n) is 3.29. The smallest absolute Gasteiger partial charge is 0.274 e. The number of carbonyl (C=O) groups is 1. The number of nitro benzene ring substituents is 1. The quantitative estimate of drug-likeness (QED) is 0.512. The van der Waals surface area contributed by atoms with Gasteiger partial charge in [-0.25, -0.2) is 0 Å². The average molecular weight is 331 g/mol. The summed E-state index contributed by atoms with van der Waals surface area (Å²) in [6.45, 7) is 1.87.